The Bertz CT molecular complexity index is 1400. The monoisotopic (exact) mass is 601 g/mol. The minimum atomic E-state index is -0.476. The Kier molecular flexibility index (Phi) is 8.81. The smallest absolute Gasteiger partial charge is 0.274 e. The summed E-state index contributed by atoms with van der Waals surface area (Å²) in [5, 5.41) is 3.11. The molecule has 2 aliphatic heterocycles. The van der Waals surface area contributed by atoms with Crippen molar-refractivity contribution in [3.63, 3.8) is 0 Å². The number of rotatable bonds is 7. The first-order valence-corrected chi connectivity index (χ1v) is 14.4. The fraction of sp³-hybridized carbons (Fsp3) is 0.444. The van der Waals surface area contributed by atoms with Crippen LogP contribution in [-0.4, -0.2) is 81.4 Å². The van der Waals surface area contributed by atoms with Gasteiger partial charge in [0.2, 0.25) is 0 Å². The first-order chi connectivity index (χ1) is 19.7. The highest BCUT2D eigenvalue weighted by Crippen LogP contribution is 2.30. The second-order valence-corrected chi connectivity index (χ2v) is 10.9. The number of nitrogen functional groups attached to an aromatic ring is 2. The SMILES string of the molecule is CC[C@H]1CN(c2nc(N)c(C(=O)NCc3ccco3)nc2Cl)CCN1C1CCN(C(=O)c2ccc(Cl)nc2N)CC1. The van der Waals surface area contributed by atoms with Crippen molar-refractivity contribution >= 4 is 52.5 Å². The van der Waals surface area contributed by atoms with E-state index in [1.54, 1.807) is 24.3 Å². The van der Waals surface area contributed by atoms with E-state index in [2.05, 4.69) is 37.0 Å². The number of piperazine rings is 1. The molecule has 0 aromatic carbocycles. The van der Waals surface area contributed by atoms with Crippen LogP contribution in [0, 0.1) is 0 Å². The number of anilines is 3. The normalized spacial score (nSPS) is 18.5. The topological polar surface area (TPSA) is 160 Å². The zero-order valence-corrected chi connectivity index (χ0v) is 24.2. The molecule has 0 spiro atoms. The van der Waals surface area contributed by atoms with Crippen LogP contribution in [0.3, 0.4) is 0 Å². The molecule has 218 valence electrons. The second kappa shape index (κ2) is 12.5. The maximum Gasteiger partial charge on any atom is 0.274 e. The number of likely N-dealkylation sites (tertiary alicyclic amines) is 1. The fourth-order valence-corrected chi connectivity index (χ4v) is 5.96. The van der Waals surface area contributed by atoms with Gasteiger partial charge in [-0.15, -0.1) is 0 Å². The van der Waals surface area contributed by atoms with Crippen molar-refractivity contribution in [2.24, 2.45) is 0 Å². The number of amides is 2. The number of nitrogens with two attached hydrogens (primary N) is 2. The first-order valence-electron chi connectivity index (χ1n) is 13.6. The van der Waals surface area contributed by atoms with Crippen LogP contribution in [0.2, 0.25) is 10.3 Å². The van der Waals surface area contributed by atoms with Crippen LogP contribution in [0.5, 0.6) is 0 Å². The van der Waals surface area contributed by atoms with E-state index in [-0.39, 0.29) is 46.1 Å². The maximum absolute atomic E-state index is 13.0. The zero-order valence-electron chi connectivity index (χ0n) is 22.7. The number of carbonyl (C=O) groups is 2. The van der Waals surface area contributed by atoms with E-state index in [1.807, 2.05) is 4.90 Å². The number of carbonyl (C=O) groups excluding carboxylic acids is 2. The highest BCUT2D eigenvalue weighted by Gasteiger charge is 2.35. The lowest BCUT2D eigenvalue weighted by Crippen LogP contribution is -2.58. The van der Waals surface area contributed by atoms with Gasteiger partial charge in [-0.25, -0.2) is 15.0 Å². The van der Waals surface area contributed by atoms with Crippen molar-refractivity contribution in [2.75, 3.05) is 49.1 Å². The summed E-state index contributed by atoms with van der Waals surface area (Å²) < 4.78 is 5.24. The summed E-state index contributed by atoms with van der Waals surface area (Å²) in [5.41, 5.74) is 12.4. The predicted octanol–water partition coefficient (Wildman–Crippen LogP) is 3.07. The quantitative estimate of drug-likeness (QED) is 0.343. The van der Waals surface area contributed by atoms with Crippen molar-refractivity contribution in [3.05, 3.63) is 57.9 Å². The van der Waals surface area contributed by atoms with Gasteiger partial charge in [0.25, 0.3) is 11.8 Å². The third-order valence-corrected chi connectivity index (χ3v) is 8.19. The summed E-state index contributed by atoms with van der Waals surface area (Å²) in [4.78, 5) is 44.9. The zero-order chi connectivity index (χ0) is 29.1. The molecule has 5 heterocycles. The number of aromatic nitrogens is 3. The Labute approximate surface area is 248 Å². The number of hydrogen-bond acceptors (Lipinski definition) is 10. The summed E-state index contributed by atoms with van der Waals surface area (Å²) in [6.07, 6.45) is 4.18. The van der Waals surface area contributed by atoms with Crippen LogP contribution < -0.4 is 21.7 Å². The van der Waals surface area contributed by atoms with Gasteiger partial charge < -0.3 is 31.0 Å². The van der Waals surface area contributed by atoms with Gasteiger partial charge >= 0.3 is 0 Å². The molecular weight excluding hydrogens is 569 g/mol. The summed E-state index contributed by atoms with van der Waals surface area (Å²) in [6.45, 7) is 5.81. The Morgan fingerprint density at radius 2 is 1.83 bits per heavy atom. The standard InChI is InChI=1S/C27H33Cl2N9O3/c1-2-16-15-37(25-22(29)34-21(24(31)35-25)26(39)32-14-18-4-3-13-41-18)11-12-38(16)17-7-9-36(10-8-17)27(40)19-5-6-20(28)33-23(19)30/h3-6,13,16-17H,2,7-12,14-15H2,1H3,(H2,30,33)(H2,31,35)(H,32,39)/t16-/m0/s1. The molecule has 0 aliphatic carbocycles. The van der Waals surface area contributed by atoms with Crippen molar-refractivity contribution in [2.45, 2.75) is 44.8 Å². The van der Waals surface area contributed by atoms with Crippen LogP contribution in [0.4, 0.5) is 17.5 Å². The molecule has 0 bridgehead atoms. The van der Waals surface area contributed by atoms with Crippen molar-refractivity contribution in [1.82, 2.24) is 30.1 Å². The molecule has 0 unspecified atom stereocenters. The molecule has 0 radical (unpaired) electrons. The Hall–Kier alpha value is -3.61. The van der Waals surface area contributed by atoms with E-state index in [0.717, 1.165) is 25.8 Å². The molecule has 14 heteroatoms. The van der Waals surface area contributed by atoms with E-state index in [1.165, 1.54) is 6.26 Å². The Balaban J connectivity index is 1.19. The predicted molar refractivity (Wildman–Crippen MR) is 157 cm³/mol. The summed E-state index contributed by atoms with van der Waals surface area (Å²) >= 11 is 12.4. The summed E-state index contributed by atoms with van der Waals surface area (Å²) in [6, 6.07) is 7.31. The third-order valence-electron chi connectivity index (χ3n) is 7.72. The Morgan fingerprint density at radius 1 is 1.05 bits per heavy atom. The van der Waals surface area contributed by atoms with E-state index in [4.69, 9.17) is 39.1 Å². The maximum atomic E-state index is 13.0. The lowest BCUT2D eigenvalue weighted by molar-refractivity contribution is 0.0491. The lowest BCUT2D eigenvalue weighted by Gasteiger charge is -2.47. The molecule has 5 rings (SSSR count). The molecule has 41 heavy (non-hydrogen) atoms. The van der Waals surface area contributed by atoms with Crippen LogP contribution in [0.25, 0.3) is 0 Å². The van der Waals surface area contributed by atoms with Crippen LogP contribution in [0.15, 0.2) is 34.9 Å². The van der Waals surface area contributed by atoms with Crippen molar-refractivity contribution in [3.8, 4) is 0 Å². The summed E-state index contributed by atoms with van der Waals surface area (Å²) in [5.74, 6) is 0.653. The molecule has 1 atom stereocenters. The van der Waals surface area contributed by atoms with Gasteiger partial charge in [0.15, 0.2) is 22.5 Å². The van der Waals surface area contributed by atoms with Crippen LogP contribution in [-0.2, 0) is 6.54 Å². The van der Waals surface area contributed by atoms with Gasteiger partial charge in [0.05, 0.1) is 18.4 Å². The van der Waals surface area contributed by atoms with E-state index in [9.17, 15) is 9.59 Å². The largest absolute Gasteiger partial charge is 0.467 e. The summed E-state index contributed by atoms with van der Waals surface area (Å²) in [7, 11) is 0. The number of nitrogens with one attached hydrogen (secondary N) is 1. The third kappa shape index (κ3) is 6.34. The fourth-order valence-electron chi connectivity index (χ4n) is 5.56. The number of piperidine rings is 1. The van der Waals surface area contributed by atoms with Gasteiger partial charge in [-0.3, -0.25) is 14.5 Å². The number of nitrogens with zero attached hydrogens (tertiary/aromatic N) is 6. The average molecular weight is 603 g/mol. The van der Waals surface area contributed by atoms with E-state index < -0.39 is 5.91 Å². The van der Waals surface area contributed by atoms with E-state index in [0.29, 0.717) is 49.4 Å². The number of furan rings is 1. The van der Waals surface area contributed by atoms with E-state index >= 15 is 0 Å². The molecule has 0 saturated carbocycles. The number of hydrogen-bond donors (Lipinski definition) is 3. The van der Waals surface area contributed by atoms with Gasteiger partial charge in [0.1, 0.15) is 16.7 Å². The lowest BCUT2D eigenvalue weighted by atomic mass is 9.97. The van der Waals surface area contributed by atoms with Crippen LogP contribution >= 0.6 is 23.2 Å². The highest BCUT2D eigenvalue weighted by molar-refractivity contribution is 6.32. The van der Waals surface area contributed by atoms with Crippen molar-refractivity contribution in [1.29, 1.82) is 0 Å². The molecule has 5 N–H and O–H groups in total. The van der Waals surface area contributed by atoms with Crippen molar-refractivity contribution < 1.29 is 14.0 Å². The van der Waals surface area contributed by atoms with Gasteiger partial charge in [-0.05, 0) is 43.5 Å². The highest BCUT2D eigenvalue weighted by atomic mass is 35.5. The van der Waals surface area contributed by atoms with Gasteiger partial charge in [-0.1, -0.05) is 30.1 Å². The second-order valence-electron chi connectivity index (χ2n) is 10.2. The molecule has 3 aromatic rings. The molecule has 3 aromatic heterocycles. The molecule has 2 amide bonds. The van der Waals surface area contributed by atoms with Gasteiger partial charge in [0, 0.05) is 44.8 Å². The number of pyridine rings is 1. The molecule has 2 fully saturated rings. The Morgan fingerprint density at radius 3 is 2.51 bits per heavy atom. The first kappa shape index (κ1) is 28.9. The molecule has 2 aliphatic rings. The molecule has 2 saturated heterocycles. The van der Waals surface area contributed by atoms with Crippen LogP contribution in [0.1, 0.15) is 52.8 Å². The minimum Gasteiger partial charge on any atom is -0.467 e. The van der Waals surface area contributed by atoms with Gasteiger partial charge in [-0.2, -0.15) is 0 Å². The minimum absolute atomic E-state index is 0.0189. The molecule has 12 nitrogen and oxygen atoms in total. The molecular formula is C27H33Cl2N9O3. The number of halogens is 2. The average Bonchev–Trinajstić information content (AvgIpc) is 3.50.